The Bertz CT molecular complexity index is 391. The maximum absolute atomic E-state index is 10.2. The predicted octanol–water partition coefficient (Wildman–Crippen LogP) is 0.721. The molecule has 0 radical (unpaired) electrons. The first-order valence-electron chi connectivity index (χ1n) is 4.84. The monoisotopic (exact) mass is 208 g/mol. The van der Waals surface area contributed by atoms with Crippen LogP contribution in [0.4, 0.5) is 5.69 Å². The molecule has 15 heavy (non-hydrogen) atoms. The molecule has 0 spiro atoms. The lowest BCUT2D eigenvalue weighted by atomic mass is 10.2. The number of aliphatic hydroxyl groups excluding tert-OH is 2. The van der Waals surface area contributed by atoms with E-state index in [9.17, 15) is 10.3 Å². The van der Waals surface area contributed by atoms with Gasteiger partial charge in [0.05, 0.1) is 6.61 Å². The molecule has 1 heterocycles. The molecule has 2 atom stereocenters. The quantitative estimate of drug-likeness (QED) is 0.641. The van der Waals surface area contributed by atoms with E-state index in [1.54, 1.807) is 18.3 Å². The van der Waals surface area contributed by atoms with E-state index in [4.69, 9.17) is 5.11 Å². The Morgan fingerprint density at radius 3 is 2.73 bits per heavy atom. The van der Waals surface area contributed by atoms with Gasteiger partial charge in [-0.15, -0.1) is 4.65 Å². The maximum Gasteiger partial charge on any atom is 0.177 e. The normalized spacial score (nSPS) is 25.3. The van der Waals surface area contributed by atoms with Gasteiger partial charge in [-0.05, 0) is 6.07 Å². The van der Waals surface area contributed by atoms with E-state index in [0.717, 1.165) is 11.3 Å². The number of hydrogen-bond donors (Lipinski definition) is 3. The van der Waals surface area contributed by atoms with Gasteiger partial charge < -0.3 is 10.2 Å². The third-order valence-corrected chi connectivity index (χ3v) is 2.55. The van der Waals surface area contributed by atoms with E-state index in [1.165, 1.54) is 0 Å². The molecule has 4 heteroatoms. The second kappa shape index (κ2) is 3.75. The van der Waals surface area contributed by atoms with Crippen LogP contribution in [0.2, 0.25) is 0 Å². The summed E-state index contributed by atoms with van der Waals surface area (Å²) in [5, 5.41) is 28.3. The van der Waals surface area contributed by atoms with Gasteiger partial charge in [-0.1, -0.05) is 12.1 Å². The van der Waals surface area contributed by atoms with E-state index >= 15 is 0 Å². The number of benzene rings is 1. The van der Waals surface area contributed by atoms with Crippen molar-refractivity contribution in [3.63, 3.8) is 0 Å². The summed E-state index contributed by atoms with van der Waals surface area (Å²) in [7, 11) is 0. The van der Waals surface area contributed by atoms with Gasteiger partial charge in [0, 0.05) is 17.7 Å². The average molecular weight is 208 g/mol. The SMILES string of the molecule is OCC(O)C[N+]1(O)C=Cc2ccccc21. The van der Waals surface area contributed by atoms with Crippen LogP contribution in [0.5, 0.6) is 0 Å². The van der Waals surface area contributed by atoms with Gasteiger partial charge in [-0.2, -0.15) is 0 Å². The van der Waals surface area contributed by atoms with Crippen molar-refractivity contribution < 1.29 is 15.4 Å². The maximum atomic E-state index is 10.2. The number of hydroxylamine groups is 2. The summed E-state index contributed by atoms with van der Waals surface area (Å²) in [6, 6.07) is 7.43. The van der Waals surface area contributed by atoms with Crippen LogP contribution in [-0.2, 0) is 0 Å². The summed E-state index contributed by atoms with van der Waals surface area (Å²) in [4.78, 5) is 0. The lowest BCUT2D eigenvalue weighted by molar-refractivity contribution is -0.0660. The highest BCUT2D eigenvalue weighted by Gasteiger charge is 2.35. The van der Waals surface area contributed by atoms with Gasteiger partial charge in [0.25, 0.3) is 0 Å². The molecule has 0 aliphatic carbocycles. The summed E-state index contributed by atoms with van der Waals surface area (Å²) in [6.45, 7) is -0.291. The topological polar surface area (TPSA) is 60.7 Å². The zero-order valence-electron chi connectivity index (χ0n) is 8.24. The van der Waals surface area contributed by atoms with E-state index in [2.05, 4.69) is 0 Å². The first-order valence-corrected chi connectivity index (χ1v) is 4.84. The zero-order valence-corrected chi connectivity index (χ0v) is 8.24. The Balaban J connectivity index is 2.29. The minimum atomic E-state index is -0.925. The van der Waals surface area contributed by atoms with Crippen molar-refractivity contribution in [1.82, 2.24) is 4.65 Å². The molecule has 3 N–H and O–H groups in total. The largest absolute Gasteiger partial charge is 0.393 e. The van der Waals surface area contributed by atoms with Gasteiger partial charge in [0.2, 0.25) is 0 Å². The predicted molar refractivity (Wildman–Crippen MR) is 57.0 cm³/mol. The van der Waals surface area contributed by atoms with Crippen molar-refractivity contribution in [2.75, 3.05) is 13.2 Å². The number of quaternary nitrogens is 1. The van der Waals surface area contributed by atoms with Gasteiger partial charge in [0.15, 0.2) is 5.69 Å². The number of para-hydroxylation sites is 1. The highest BCUT2D eigenvalue weighted by molar-refractivity contribution is 5.71. The van der Waals surface area contributed by atoms with E-state index in [1.807, 2.05) is 18.2 Å². The molecule has 2 rings (SSSR count). The van der Waals surface area contributed by atoms with Crippen LogP contribution in [0.25, 0.3) is 6.08 Å². The molecular weight excluding hydrogens is 194 g/mol. The molecule has 1 aromatic rings. The van der Waals surface area contributed by atoms with Gasteiger partial charge in [-0.3, -0.25) is 0 Å². The first-order chi connectivity index (χ1) is 7.15. The van der Waals surface area contributed by atoms with Crippen LogP contribution in [0, 0.1) is 0 Å². The molecule has 0 bridgehead atoms. The Kier molecular flexibility index (Phi) is 2.58. The summed E-state index contributed by atoms with van der Waals surface area (Å²) < 4.78 is -0.447. The van der Waals surface area contributed by atoms with Crippen molar-refractivity contribution in [3.05, 3.63) is 36.0 Å². The smallest absolute Gasteiger partial charge is 0.177 e. The molecule has 1 aromatic carbocycles. The molecule has 1 aliphatic rings. The summed E-state index contributed by atoms with van der Waals surface area (Å²) in [5.74, 6) is 0. The zero-order chi connectivity index (χ0) is 10.9. The summed E-state index contributed by atoms with van der Waals surface area (Å²) in [5.41, 5.74) is 1.66. The Morgan fingerprint density at radius 1 is 1.27 bits per heavy atom. The van der Waals surface area contributed by atoms with Crippen LogP contribution < -0.4 is 4.65 Å². The third-order valence-electron chi connectivity index (χ3n) is 2.55. The third kappa shape index (κ3) is 1.80. The summed E-state index contributed by atoms with van der Waals surface area (Å²) >= 11 is 0. The molecule has 0 aromatic heterocycles. The second-order valence-electron chi connectivity index (χ2n) is 3.72. The number of hydrogen-bond acceptors (Lipinski definition) is 3. The van der Waals surface area contributed by atoms with Crippen LogP contribution in [-0.4, -0.2) is 34.7 Å². The minimum absolute atomic E-state index is 0.0595. The highest BCUT2D eigenvalue weighted by atomic mass is 16.5. The first kappa shape index (κ1) is 10.3. The molecule has 1 aliphatic heterocycles. The fourth-order valence-electron chi connectivity index (χ4n) is 1.80. The number of rotatable bonds is 3. The Hall–Kier alpha value is -1.20. The van der Waals surface area contributed by atoms with Crippen molar-refractivity contribution in [3.8, 4) is 0 Å². The molecular formula is C11H14NO3+. The Morgan fingerprint density at radius 2 is 2.00 bits per heavy atom. The lowest BCUT2D eigenvalue weighted by Crippen LogP contribution is -2.45. The molecule has 0 saturated carbocycles. The number of aliphatic hydroxyl groups is 2. The van der Waals surface area contributed by atoms with E-state index in [0.29, 0.717) is 0 Å². The van der Waals surface area contributed by atoms with Crippen molar-refractivity contribution in [1.29, 1.82) is 0 Å². The van der Waals surface area contributed by atoms with Crippen LogP contribution in [0.1, 0.15) is 5.56 Å². The molecule has 0 saturated heterocycles. The van der Waals surface area contributed by atoms with Crippen LogP contribution in [0.3, 0.4) is 0 Å². The van der Waals surface area contributed by atoms with Crippen LogP contribution in [0.15, 0.2) is 30.5 Å². The van der Waals surface area contributed by atoms with Crippen LogP contribution >= 0.6 is 0 Å². The van der Waals surface area contributed by atoms with Crippen molar-refractivity contribution in [2.24, 2.45) is 0 Å². The average Bonchev–Trinajstić information content (AvgIpc) is 2.57. The molecule has 2 unspecified atom stereocenters. The van der Waals surface area contributed by atoms with Crippen molar-refractivity contribution >= 4 is 11.8 Å². The lowest BCUT2D eigenvalue weighted by Gasteiger charge is -2.24. The highest BCUT2D eigenvalue weighted by Crippen LogP contribution is 2.33. The van der Waals surface area contributed by atoms with Gasteiger partial charge >= 0.3 is 0 Å². The fraction of sp³-hybridized carbons (Fsp3) is 0.273. The minimum Gasteiger partial charge on any atom is -0.393 e. The van der Waals surface area contributed by atoms with E-state index in [-0.39, 0.29) is 13.2 Å². The fourth-order valence-corrected chi connectivity index (χ4v) is 1.80. The molecule has 0 amide bonds. The number of fused-ring (bicyclic) bond motifs is 1. The summed E-state index contributed by atoms with van der Waals surface area (Å²) in [6.07, 6.45) is 2.48. The number of nitrogens with zero attached hydrogens (tertiary/aromatic N) is 1. The molecule has 80 valence electrons. The van der Waals surface area contributed by atoms with Crippen molar-refractivity contribution in [2.45, 2.75) is 6.10 Å². The standard InChI is InChI=1S/C11H14NO3/c13-8-10(14)7-12(15)6-5-9-3-1-2-4-11(9)12/h1-6,10,13-15H,7-8H2/q+1. The Labute approximate surface area is 87.9 Å². The van der Waals surface area contributed by atoms with Gasteiger partial charge in [-0.25, -0.2) is 5.21 Å². The molecule has 4 nitrogen and oxygen atoms in total. The van der Waals surface area contributed by atoms with Gasteiger partial charge in [0.1, 0.15) is 18.8 Å². The van der Waals surface area contributed by atoms with E-state index < -0.39 is 10.8 Å². The second-order valence-corrected chi connectivity index (χ2v) is 3.72. The molecule has 0 fully saturated rings.